The average molecular weight is 1110 g/mol. The molecule has 0 aromatic carbocycles. The Balaban J connectivity index is 5.19. The van der Waals surface area contributed by atoms with Crippen LogP contribution in [-0.4, -0.2) is 74.3 Å². The highest BCUT2D eigenvalue weighted by atomic mass is 31.2. The highest BCUT2D eigenvalue weighted by molar-refractivity contribution is 7.47. The number of rotatable bonds is 61. The minimum absolute atomic E-state index is 0.0413. The van der Waals surface area contributed by atoms with Gasteiger partial charge in [-0.1, -0.05) is 269 Å². The number of nitrogens with zero attached hydrogens (tertiary/aromatic N) is 1. The lowest BCUT2D eigenvalue weighted by atomic mass is 10.0. The molecular formula is C67H130N2O7P+. The summed E-state index contributed by atoms with van der Waals surface area (Å²) in [5.41, 5.74) is 0. The van der Waals surface area contributed by atoms with Gasteiger partial charge in [-0.3, -0.25) is 18.6 Å². The zero-order valence-corrected chi connectivity index (χ0v) is 52.9. The zero-order valence-electron chi connectivity index (χ0n) is 52.0. The number of unbranched alkanes of at least 4 members (excludes halogenated alkanes) is 41. The fourth-order valence-corrected chi connectivity index (χ4v) is 10.6. The van der Waals surface area contributed by atoms with Crippen molar-refractivity contribution in [1.82, 2.24) is 5.32 Å². The van der Waals surface area contributed by atoms with E-state index in [0.717, 1.165) is 64.2 Å². The van der Waals surface area contributed by atoms with Gasteiger partial charge in [0.25, 0.3) is 0 Å². The van der Waals surface area contributed by atoms with Crippen LogP contribution >= 0.6 is 7.82 Å². The molecule has 0 heterocycles. The molecule has 454 valence electrons. The van der Waals surface area contributed by atoms with Crippen LogP contribution in [0.5, 0.6) is 0 Å². The highest BCUT2D eigenvalue weighted by Gasteiger charge is 2.30. The van der Waals surface area contributed by atoms with Gasteiger partial charge in [0.05, 0.1) is 33.8 Å². The Morgan fingerprint density at radius 3 is 1.10 bits per heavy atom. The summed E-state index contributed by atoms with van der Waals surface area (Å²) in [6.07, 6.45) is 70.0. The van der Waals surface area contributed by atoms with Crippen LogP contribution in [0.4, 0.5) is 0 Å². The van der Waals surface area contributed by atoms with E-state index >= 15 is 0 Å². The number of esters is 1. The molecule has 0 saturated carbocycles. The Hall–Kier alpha value is -1.77. The summed E-state index contributed by atoms with van der Waals surface area (Å²) < 4.78 is 30.8. The van der Waals surface area contributed by atoms with Crippen molar-refractivity contribution >= 4 is 19.7 Å². The summed E-state index contributed by atoms with van der Waals surface area (Å²) in [6.45, 7) is 7.05. The van der Waals surface area contributed by atoms with Crippen molar-refractivity contribution in [2.45, 2.75) is 341 Å². The fraction of sp³-hybridized carbons (Fsp3) is 0.881. The van der Waals surface area contributed by atoms with E-state index in [2.05, 4.69) is 50.4 Å². The molecule has 0 bridgehead atoms. The standard InChI is InChI=1S/C67H129N2O7P/c1-7-10-13-16-19-22-25-28-30-32-33-34-35-37-39-42-45-48-51-54-57-60-67(71)76-65(58-55-52-49-46-43-40-27-24-21-18-15-12-9-3)64(63-75-77(72,73)74-62-61-69(4,5)6)68-66(70)59-56-53-50-47-44-41-38-36-31-29-26-23-20-17-14-11-8-2/h28-31,55,58,64-65H,7-27,32-54,56-57,59-63H2,1-6H3,(H-,68,70,72,73)/p+1/b30-28+,31-29+,58-55+. The van der Waals surface area contributed by atoms with Crippen molar-refractivity contribution in [3.05, 3.63) is 36.5 Å². The lowest BCUT2D eigenvalue weighted by molar-refractivity contribution is -0.870. The summed E-state index contributed by atoms with van der Waals surface area (Å²) in [4.78, 5) is 37.8. The second-order valence-electron chi connectivity index (χ2n) is 24.0. The second-order valence-corrected chi connectivity index (χ2v) is 25.4. The Morgan fingerprint density at radius 1 is 0.442 bits per heavy atom. The number of allylic oxidation sites excluding steroid dienone is 5. The van der Waals surface area contributed by atoms with Gasteiger partial charge in [0.2, 0.25) is 5.91 Å². The molecule has 0 aromatic heterocycles. The first kappa shape index (κ1) is 75.2. The van der Waals surface area contributed by atoms with Crippen molar-refractivity contribution in [1.29, 1.82) is 0 Å². The normalized spacial score (nSPS) is 13.8. The van der Waals surface area contributed by atoms with Gasteiger partial charge in [0, 0.05) is 12.8 Å². The van der Waals surface area contributed by atoms with Gasteiger partial charge in [-0.15, -0.1) is 0 Å². The molecule has 9 nitrogen and oxygen atoms in total. The van der Waals surface area contributed by atoms with E-state index in [9.17, 15) is 19.0 Å². The first-order valence-corrected chi connectivity index (χ1v) is 34.8. The third-order valence-electron chi connectivity index (χ3n) is 15.1. The molecule has 0 aliphatic heterocycles. The minimum atomic E-state index is -4.45. The van der Waals surface area contributed by atoms with E-state index in [-0.39, 0.29) is 25.1 Å². The lowest BCUT2D eigenvalue weighted by Crippen LogP contribution is -2.47. The first-order valence-electron chi connectivity index (χ1n) is 33.3. The number of phosphoric ester groups is 1. The van der Waals surface area contributed by atoms with Crippen molar-refractivity contribution < 1.29 is 37.3 Å². The van der Waals surface area contributed by atoms with E-state index in [4.69, 9.17) is 13.8 Å². The van der Waals surface area contributed by atoms with Gasteiger partial charge in [-0.2, -0.15) is 0 Å². The van der Waals surface area contributed by atoms with Crippen LogP contribution in [0.2, 0.25) is 0 Å². The molecule has 0 aliphatic carbocycles. The fourth-order valence-electron chi connectivity index (χ4n) is 9.87. The number of hydrogen-bond donors (Lipinski definition) is 2. The second kappa shape index (κ2) is 57.5. The molecule has 0 radical (unpaired) electrons. The number of ether oxygens (including phenoxy) is 1. The highest BCUT2D eigenvalue weighted by Crippen LogP contribution is 2.43. The van der Waals surface area contributed by atoms with E-state index in [0.29, 0.717) is 23.9 Å². The largest absolute Gasteiger partial charge is 0.472 e. The maximum Gasteiger partial charge on any atom is 0.472 e. The summed E-state index contributed by atoms with van der Waals surface area (Å²) in [5, 5.41) is 3.07. The molecule has 3 atom stereocenters. The predicted octanol–water partition coefficient (Wildman–Crippen LogP) is 20.7. The number of likely N-dealkylation sites (N-methyl/N-ethyl adjacent to an activating group) is 1. The number of amides is 1. The topological polar surface area (TPSA) is 111 Å². The summed E-state index contributed by atoms with van der Waals surface area (Å²) >= 11 is 0. The van der Waals surface area contributed by atoms with Crippen molar-refractivity contribution in [2.75, 3.05) is 40.9 Å². The smallest absolute Gasteiger partial charge is 0.456 e. The Labute approximate surface area is 478 Å². The average Bonchev–Trinajstić information content (AvgIpc) is 3.39. The van der Waals surface area contributed by atoms with Crippen LogP contribution in [0, 0.1) is 0 Å². The molecule has 2 N–H and O–H groups in total. The minimum Gasteiger partial charge on any atom is -0.456 e. The van der Waals surface area contributed by atoms with Crippen molar-refractivity contribution in [3.8, 4) is 0 Å². The molecule has 0 aromatic rings. The van der Waals surface area contributed by atoms with Gasteiger partial charge in [0.1, 0.15) is 19.3 Å². The van der Waals surface area contributed by atoms with Gasteiger partial charge >= 0.3 is 13.8 Å². The van der Waals surface area contributed by atoms with Crippen LogP contribution < -0.4 is 5.32 Å². The number of quaternary nitrogens is 1. The molecule has 3 unspecified atom stereocenters. The quantitative estimate of drug-likeness (QED) is 0.0205. The van der Waals surface area contributed by atoms with Crippen LogP contribution in [0.25, 0.3) is 0 Å². The summed E-state index contributed by atoms with van der Waals surface area (Å²) in [7, 11) is 1.51. The molecule has 1 amide bonds. The van der Waals surface area contributed by atoms with Gasteiger partial charge < -0.3 is 19.4 Å². The Bertz CT molecular complexity index is 1410. The number of phosphoric acid groups is 1. The van der Waals surface area contributed by atoms with Gasteiger partial charge in [-0.25, -0.2) is 4.57 Å². The van der Waals surface area contributed by atoms with Gasteiger partial charge in [0.15, 0.2) is 0 Å². The molecule has 77 heavy (non-hydrogen) atoms. The molecule has 0 fully saturated rings. The SMILES string of the molecule is CCCCCCCC/C=C/CCCCCCCCCCCCCC(=O)OC(/C=C/CCCCCCCCCCCCC)C(COP(=O)(O)OCC[N+](C)(C)C)NC(=O)CCCCCCCCC/C=C/CCCCCCCC. The summed E-state index contributed by atoms with van der Waals surface area (Å²) in [6, 6.07) is -0.848. The van der Waals surface area contributed by atoms with Crippen LogP contribution in [0.3, 0.4) is 0 Å². The van der Waals surface area contributed by atoms with E-state index in [1.54, 1.807) is 0 Å². The number of carbonyl (C=O) groups is 2. The Kier molecular flexibility index (Phi) is 56.1. The van der Waals surface area contributed by atoms with Crippen LogP contribution in [-0.2, 0) is 27.9 Å². The van der Waals surface area contributed by atoms with E-state index in [1.165, 1.54) is 231 Å². The van der Waals surface area contributed by atoms with E-state index < -0.39 is 20.0 Å². The summed E-state index contributed by atoms with van der Waals surface area (Å²) in [5.74, 6) is -0.496. The third-order valence-corrected chi connectivity index (χ3v) is 16.0. The van der Waals surface area contributed by atoms with Crippen LogP contribution in [0.15, 0.2) is 36.5 Å². The third kappa shape index (κ3) is 58.7. The first-order chi connectivity index (χ1) is 37.4. The van der Waals surface area contributed by atoms with Crippen molar-refractivity contribution in [2.24, 2.45) is 0 Å². The molecule has 0 rings (SSSR count). The maximum atomic E-state index is 13.6. The Morgan fingerprint density at radius 2 is 0.753 bits per heavy atom. The van der Waals surface area contributed by atoms with Gasteiger partial charge in [-0.05, 0) is 83.1 Å². The molecular weight excluding hydrogens is 976 g/mol. The number of carbonyl (C=O) groups excluding carboxylic acids is 2. The van der Waals surface area contributed by atoms with Crippen LogP contribution in [0.1, 0.15) is 329 Å². The number of nitrogens with one attached hydrogen (secondary N) is 1. The number of hydrogen-bond acceptors (Lipinski definition) is 6. The molecule has 10 heteroatoms. The molecule has 0 saturated heterocycles. The van der Waals surface area contributed by atoms with E-state index in [1.807, 2.05) is 33.3 Å². The monoisotopic (exact) mass is 1110 g/mol. The maximum absolute atomic E-state index is 13.6. The predicted molar refractivity (Wildman–Crippen MR) is 332 cm³/mol. The van der Waals surface area contributed by atoms with Crippen molar-refractivity contribution in [3.63, 3.8) is 0 Å². The lowest BCUT2D eigenvalue weighted by Gasteiger charge is -2.27. The molecule has 0 aliphatic rings. The zero-order chi connectivity index (χ0) is 56.4. The molecule has 0 spiro atoms.